The number of anilines is 3. The van der Waals surface area contributed by atoms with Crippen molar-refractivity contribution < 1.29 is 9.53 Å². The number of nitrogens with one attached hydrogen (secondary N) is 2. The molecule has 0 unspecified atom stereocenters. The van der Waals surface area contributed by atoms with Gasteiger partial charge in [-0.05, 0) is 62.4 Å². The summed E-state index contributed by atoms with van der Waals surface area (Å²) in [5, 5.41) is 14.6. The molecule has 1 heterocycles. The topological polar surface area (TPSA) is 76.1 Å². The summed E-state index contributed by atoms with van der Waals surface area (Å²) in [6, 6.07) is 17.8. The number of carbonyl (C=O) groups excluding carboxylic acids is 1. The summed E-state index contributed by atoms with van der Waals surface area (Å²) in [5.74, 6) is 0.771. The van der Waals surface area contributed by atoms with Gasteiger partial charge < -0.3 is 15.4 Å². The fraction of sp³-hybridized carbons (Fsp3) is 0.150. The number of benzene rings is 2. The number of rotatable bonds is 6. The fourth-order valence-corrected chi connectivity index (χ4v) is 2.44. The summed E-state index contributed by atoms with van der Waals surface area (Å²) < 4.78 is 5.71. The van der Waals surface area contributed by atoms with Crippen LogP contribution in [0.15, 0.2) is 60.7 Å². The molecule has 0 aliphatic rings. The Hall–Kier alpha value is -3.12. The molecule has 6 nitrogen and oxygen atoms in total. The molecule has 0 saturated carbocycles. The molecule has 3 aromatic rings. The average molecular weight is 383 g/mol. The molecular formula is C20H19ClN4O2. The molecular weight excluding hydrogens is 364 g/mol. The van der Waals surface area contributed by atoms with Crippen LogP contribution in [-0.4, -0.2) is 22.2 Å². The molecule has 2 aromatic carbocycles. The van der Waals surface area contributed by atoms with Crippen LogP contribution in [0.3, 0.4) is 0 Å². The van der Waals surface area contributed by atoms with Gasteiger partial charge in [0, 0.05) is 10.7 Å². The first-order valence-corrected chi connectivity index (χ1v) is 8.82. The maximum Gasteiger partial charge on any atom is 0.276 e. The molecule has 27 heavy (non-hydrogen) atoms. The highest BCUT2D eigenvalue weighted by Gasteiger charge is 2.12. The van der Waals surface area contributed by atoms with Crippen molar-refractivity contribution in [2.75, 3.05) is 10.6 Å². The normalized spacial score (nSPS) is 10.5. The number of nitrogens with zero attached hydrogens (tertiary/aromatic N) is 2. The minimum absolute atomic E-state index is 0.000990. The van der Waals surface area contributed by atoms with Gasteiger partial charge in [-0.25, -0.2) is 0 Å². The maximum atomic E-state index is 12.5. The summed E-state index contributed by atoms with van der Waals surface area (Å²) in [4.78, 5) is 12.5. The Morgan fingerprint density at radius 1 is 1.00 bits per heavy atom. The highest BCUT2D eigenvalue weighted by Crippen LogP contribution is 2.25. The second kappa shape index (κ2) is 8.51. The van der Waals surface area contributed by atoms with Crippen LogP contribution < -0.4 is 15.4 Å². The van der Waals surface area contributed by atoms with E-state index in [-0.39, 0.29) is 17.7 Å². The molecule has 3 rings (SSSR count). The van der Waals surface area contributed by atoms with E-state index in [2.05, 4.69) is 20.8 Å². The molecule has 0 spiro atoms. The van der Waals surface area contributed by atoms with Gasteiger partial charge in [-0.15, -0.1) is 10.2 Å². The van der Waals surface area contributed by atoms with Crippen LogP contribution in [-0.2, 0) is 0 Å². The van der Waals surface area contributed by atoms with E-state index in [9.17, 15) is 4.79 Å². The first-order valence-electron chi connectivity index (χ1n) is 8.44. The van der Waals surface area contributed by atoms with Crippen molar-refractivity contribution in [1.29, 1.82) is 0 Å². The third-order valence-electron chi connectivity index (χ3n) is 3.51. The van der Waals surface area contributed by atoms with Gasteiger partial charge in [-0.2, -0.15) is 0 Å². The van der Waals surface area contributed by atoms with Crippen molar-refractivity contribution >= 4 is 34.7 Å². The predicted molar refractivity (Wildman–Crippen MR) is 107 cm³/mol. The standard InChI is InChI=1S/C20H19ClN4O2/c1-13(2)27-18-6-4-3-5-16(18)23-20(26)17-11-12-19(25-24-17)22-15-9-7-14(21)8-10-15/h3-13H,1-2H3,(H,22,25)(H,23,26). The highest BCUT2D eigenvalue weighted by molar-refractivity contribution is 6.30. The van der Waals surface area contributed by atoms with Crippen molar-refractivity contribution in [1.82, 2.24) is 10.2 Å². The highest BCUT2D eigenvalue weighted by atomic mass is 35.5. The molecule has 0 atom stereocenters. The summed E-state index contributed by atoms with van der Waals surface area (Å²) >= 11 is 5.87. The maximum absolute atomic E-state index is 12.5. The zero-order valence-electron chi connectivity index (χ0n) is 14.9. The van der Waals surface area contributed by atoms with Gasteiger partial charge in [0.1, 0.15) is 5.75 Å². The molecule has 1 aromatic heterocycles. The lowest BCUT2D eigenvalue weighted by atomic mass is 10.2. The molecule has 0 bridgehead atoms. The average Bonchev–Trinajstić information content (AvgIpc) is 2.65. The molecule has 1 amide bonds. The second-order valence-corrected chi connectivity index (χ2v) is 6.49. The van der Waals surface area contributed by atoms with Crippen LogP contribution in [0.5, 0.6) is 5.75 Å². The van der Waals surface area contributed by atoms with E-state index in [0.29, 0.717) is 22.3 Å². The monoisotopic (exact) mass is 382 g/mol. The Balaban J connectivity index is 1.68. The second-order valence-electron chi connectivity index (χ2n) is 6.05. The summed E-state index contributed by atoms with van der Waals surface area (Å²) in [7, 11) is 0. The number of hydrogen-bond donors (Lipinski definition) is 2. The summed E-state index contributed by atoms with van der Waals surface area (Å²) in [5.41, 5.74) is 1.61. The quantitative estimate of drug-likeness (QED) is 0.633. The molecule has 0 aliphatic heterocycles. The van der Waals surface area contributed by atoms with Crippen molar-refractivity contribution in [2.45, 2.75) is 20.0 Å². The number of para-hydroxylation sites is 2. The first-order chi connectivity index (χ1) is 13.0. The molecule has 0 saturated heterocycles. The van der Waals surface area contributed by atoms with E-state index in [4.69, 9.17) is 16.3 Å². The van der Waals surface area contributed by atoms with Crippen molar-refractivity contribution in [2.24, 2.45) is 0 Å². The van der Waals surface area contributed by atoms with Gasteiger partial charge in [-0.1, -0.05) is 23.7 Å². The van der Waals surface area contributed by atoms with Crippen LogP contribution in [0.1, 0.15) is 24.3 Å². The summed E-state index contributed by atoms with van der Waals surface area (Å²) in [6.45, 7) is 3.85. The minimum Gasteiger partial charge on any atom is -0.489 e. The largest absolute Gasteiger partial charge is 0.489 e. The zero-order valence-corrected chi connectivity index (χ0v) is 15.7. The number of carbonyl (C=O) groups is 1. The smallest absolute Gasteiger partial charge is 0.276 e. The third-order valence-corrected chi connectivity index (χ3v) is 3.76. The lowest BCUT2D eigenvalue weighted by Gasteiger charge is -2.14. The van der Waals surface area contributed by atoms with Crippen LogP contribution in [0.4, 0.5) is 17.2 Å². The van der Waals surface area contributed by atoms with Gasteiger partial charge in [0.2, 0.25) is 0 Å². The predicted octanol–water partition coefficient (Wildman–Crippen LogP) is 4.91. The first kappa shape index (κ1) is 18.7. The Morgan fingerprint density at radius 3 is 2.41 bits per heavy atom. The van der Waals surface area contributed by atoms with Crippen LogP contribution in [0.2, 0.25) is 5.02 Å². The van der Waals surface area contributed by atoms with Gasteiger partial charge in [0.25, 0.3) is 5.91 Å². The van der Waals surface area contributed by atoms with Crippen LogP contribution in [0.25, 0.3) is 0 Å². The fourth-order valence-electron chi connectivity index (χ4n) is 2.31. The summed E-state index contributed by atoms with van der Waals surface area (Å²) in [6.07, 6.45) is 0.000990. The Labute approximate surface area is 162 Å². The van der Waals surface area contributed by atoms with Crippen molar-refractivity contribution in [3.05, 3.63) is 71.4 Å². The van der Waals surface area contributed by atoms with E-state index in [1.165, 1.54) is 0 Å². The number of ether oxygens (including phenoxy) is 1. The Bertz CT molecular complexity index is 912. The van der Waals surface area contributed by atoms with E-state index in [1.54, 1.807) is 36.4 Å². The van der Waals surface area contributed by atoms with Gasteiger partial charge in [0.05, 0.1) is 11.8 Å². The molecule has 0 fully saturated rings. The number of aromatic nitrogens is 2. The Kier molecular flexibility index (Phi) is 5.88. The van der Waals surface area contributed by atoms with Gasteiger partial charge in [0.15, 0.2) is 11.5 Å². The third kappa shape index (κ3) is 5.18. The van der Waals surface area contributed by atoms with Crippen molar-refractivity contribution in [3.63, 3.8) is 0 Å². The van der Waals surface area contributed by atoms with Crippen LogP contribution >= 0.6 is 11.6 Å². The van der Waals surface area contributed by atoms with Gasteiger partial charge >= 0.3 is 0 Å². The lowest BCUT2D eigenvalue weighted by Crippen LogP contribution is -2.16. The van der Waals surface area contributed by atoms with Gasteiger partial charge in [-0.3, -0.25) is 4.79 Å². The zero-order chi connectivity index (χ0) is 19.2. The number of amides is 1. The number of halogens is 1. The lowest BCUT2D eigenvalue weighted by molar-refractivity contribution is 0.102. The molecule has 138 valence electrons. The van der Waals surface area contributed by atoms with Crippen molar-refractivity contribution in [3.8, 4) is 5.75 Å². The minimum atomic E-state index is -0.361. The van der Waals surface area contributed by atoms with E-state index < -0.39 is 0 Å². The molecule has 7 heteroatoms. The SMILES string of the molecule is CC(C)Oc1ccccc1NC(=O)c1ccc(Nc2ccc(Cl)cc2)nn1. The molecule has 2 N–H and O–H groups in total. The molecule has 0 radical (unpaired) electrons. The van der Waals surface area contributed by atoms with Crippen LogP contribution in [0, 0.1) is 0 Å². The number of hydrogen-bond acceptors (Lipinski definition) is 5. The van der Waals surface area contributed by atoms with E-state index >= 15 is 0 Å². The Morgan fingerprint density at radius 2 is 1.74 bits per heavy atom. The van der Waals surface area contributed by atoms with E-state index in [0.717, 1.165) is 5.69 Å². The molecule has 0 aliphatic carbocycles. The van der Waals surface area contributed by atoms with E-state index in [1.807, 2.05) is 38.1 Å².